The van der Waals surface area contributed by atoms with Crippen molar-refractivity contribution >= 4 is 29.7 Å². The summed E-state index contributed by atoms with van der Waals surface area (Å²) in [5.74, 6) is -4.39. The monoisotopic (exact) mass is 572 g/mol. The standard InChI is InChI=1S/C24H34N4O5.C2HF3O2/c1-4-13(2)19-20(33-24(19)32)23(31)27-17-10-16(17)11-18(28-21(29)14(3)25)22(30)26-12-15-8-6-5-7-9-15;3-2(4,5)1(6)7/h5-9,13-14,16-20H,4,10-12,25H2,1-3H3,(H,26,30)(H,27,31)(H,28,29);(H,6,7). The molecular weight excluding hydrogens is 537 g/mol. The number of halogens is 3. The number of hydrogen-bond donors (Lipinski definition) is 5. The molecule has 3 rings (SSSR count). The zero-order valence-electron chi connectivity index (χ0n) is 22.4. The smallest absolute Gasteiger partial charge is 0.475 e. The Kier molecular flexibility index (Phi) is 11.5. The number of benzene rings is 1. The van der Waals surface area contributed by atoms with E-state index in [-0.39, 0.29) is 35.7 Å². The van der Waals surface area contributed by atoms with Gasteiger partial charge in [-0.15, -0.1) is 0 Å². The van der Waals surface area contributed by atoms with Crippen LogP contribution in [-0.2, 0) is 35.3 Å². The molecule has 11 nitrogen and oxygen atoms in total. The molecule has 222 valence electrons. The van der Waals surface area contributed by atoms with Gasteiger partial charge < -0.3 is 31.5 Å². The molecule has 0 bridgehead atoms. The molecule has 3 amide bonds. The molecule has 1 aliphatic carbocycles. The van der Waals surface area contributed by atoms with Gasteiger partial charge in [-0.05, 0) is 37.2 Å². The van der Waals surface area contributed by atoms with Gasteiger partial charge in [0.2, 0.25) is 11.8 Å². The fourth-order valence-corrected chi connectivity index (χ4v) is 4.02. The second kappa shape index (κ2) is 14.1. The number of nitrogens with two attached hydrogens (primary N) is 1. The van der Waals surface area contributed by atoms with Gasteiger partial charge in [0.1, 0.15) is 12.0 Å². The van der Waals surface area contributed by atoms with Crippen molar-refractivity contribution in [3.8, 4) is 0 Å². The van der Waals surface area contributed by atoms with Crippen LogP contribution in [0.1, 0.15) is 45.6 Å². The van der Waals surface area contributed by atoms with Crippen LogP contribution in [0.4, 0.5) is 13.2 Å². The summed E-state index contributed by atoms with van der Waals surface area (Å²) >= 11 is 0. The molecule has 2 aliphatic rings. The predicted octanol–water partition coefficient (Wildman–Crippen LogP) is 1.25. The summed E-state index contributed by atoms with van der Waals surface area (Å²) in [6, 6.07) is 7.87. The van der Waals surface area contributed by atoms with E-state index in [2.05, 4.69) is 16.0 Å². The van der Waals surface area contributed by atoms with Crippen LogP contribution in [0.5, 0.6) is 0 Å². The number of hydrogen-bond acceptors (Lipinski definition) is 7. The van der Waals surface area contributed by atoms with Gasteiger partial charge in [0.15, 0.2) is 6.10 Å². The first-order valence-corrected chi connectivity index (χ1v) is 12.8. The van der Waals surface area contributed by atoms with E-state index in [1.54, 1.807) is 6.92 Å². The summed E-state index contributed by atoms with van der Waals surface area (Å²) in [5, 5.41) is 15.6. The third-order valence-electron chi connectivity index (χ3n) is 6.74. The van der Waals surface area contributed by atoms with E-state index >= 15 is 0 Å². The number of esters is 1. The van der Waals surface area contributed by atoms with Gasteiger partial charge in [0.05, 0.1) is 6.04 Å². The number of nitrogens with one attached hydrogen (secondary N) is 3. The van der Waals surface area contributed by atoms with Crippen LogP contribution < -0.4 is 21.7 Å². The van der Waals surface area contributed by atoms with Gasteiger partial charge in [0, 0.05) is 12.6 Å². The number of rotatable bonds is 11. The van der Waals surface area contributed by atoms with Crippen molar-refractivity contribution in [2.45, 2.75) is 77.0 Å². The molecule has 7 unspecified atom stereocenters. The first kappa shape index (κ1) is 32.5. The van der Waals surface area contributed by atoms with Crippen LogP contribution in [0, 0.1) is 17.8 Å². The van der Waals surface area contributed by atoms with E-state index in [0.717, 1.165) is 12.0 Å². The Morgan fingerprint density at radius 3 is 2.23 bits per heavy atom. The largest absolute Gasteiger partial charge is 0.490 e. The van der Waals surface area contributed by atoms with E-state index in [0.29, 0.717) is 19.4 Å². The average molecular weight is 573 g/mol. The maximum Gasteiger partial charge on any atom is 0.490 e. The Bertz CT molecular complexity index is 1070. The minimum Gasteiger partial charge on any atom is -0.475 e. The Labute approximate surface area is 229 Å². The van der Waals surface area contributed by atoms with Crippen molar-refractivity contribution in [2.24, 2.45) is 23.5 Å². The Morgan fingerprint density at radius 1 is 1.12 bits per heavy atom. The van der Waals surface area contributed by atoms with Crippen LogP contribution in [0.3, 0.4) is 0 Å². The summed E-state index contributed by atoms with van der Waals surface area (Å²) in [6.45, 7) is 5.81. The molecule has 1 aromatic rings. The van der Waals surface area contributed by atoms with Crippen LogP contribution in [0.15, 0.2) is 30.3 Å². The molecule has 14 heteroatoms. The first-order valence-electron chi connectivity index (χ1n) is 12.8. The van der Waals surface area contributed by atoms with Gasteiger partial charge in [0.25, 0.3) is 5.91 Å². The summed E-state index contributed by atoms with van der Waals surface area (Å²) in [7, 11) is 0. The number of carbonyl (C=O) groups is 5. The highest BCUT2D eigenvalue weighted by Crippen LogP contribution is 2.37. The van der Waals surface area contributed by atoms with E-state index in [9.17, 15) is 32.3 Å². The number of ether oxygens (including phenoxy) is 1. The maximum absolute atomic E-state index is 12.8. The molecular formula is C26H35F3N4O7. The van der Waals surface area contributed by atoms with E-state index in [4.69, 9.17) is 20.4 Å². The van der Waals surface area contributed by atoms with Crippen molar-refractivity contribution in [1.82, 2.24) is 16.0 Å². The second-order valence-corrected chi connectivity index (χ2v) is 9.97. The molecule has 6 N–H and O–H groups in total. The number of carbonyl (C=O) groups excluding carboxylic acids is 4. The van der Waals surface area contributed by atoms with Crippen molar-refractivity contribution in [3.63, 3.8) is 0 Å². The molecule has 2 fully saturated rings. The number of amides is 3. The fourth-order valence-electron chi connectivity index (χ4n) is 4.02. The molecule has 7 atom stereocenters. The molecule has 1 saturated carbocycles. The summed E-state index contributed by atoms with van der Waals surface area (Å²) in [4.78, 5) is 58.2. The normalized spacial score (nSPS) is 23.5. The zero-order chi connectivity index (χ0) is 30.2. The van der Waals surface area contributed by atoms with Crippen molar-refractivity contribution in [2.75, 3.05) is 0 Å². The van der Waals surface area contributed by atoms with Crippen molar-refractivity contribution in [3.05, 3.63) is 35.9 Å². The van der Waals surface area contributed by atoms with Gasteiger partial charge in [-0.25, -0.2) is 4.79 Å². The van der Waals surface area contributed by atoms with Crippen LogP contribution in [0.2, 0.25) is 0 Å². The number of cyclic esters (lactones) is 1. The lowest BCUT2D eigenvalue weighted by molar-refractivity contribution is -0.193. The third kappa shape index (κ3) is 9.50. The molecule has 0 aromatic heterocycles. The second-order valence-electron chi connectivity index (χ2n) is 9.97. The molecule has 40 heavy (non-hydrogen) atoms. The van der Waals surface area contributed by atoms with Crippen LogP contribution >= 0.6 is 0 Å². The van der Waals surface area contributed by atoms with E-state index in [1.807, 2.05) is 44.2 Å². The summed E-state index contributed by atoms with van der Waals surface area (Å²) in [6.07, 6.45) is -3.98. The van der Waals surface area contributed by atoms with Crippen LogP contribution in [0.25, 0.3) is 0 Å². The lowest BCUT2D eigenvalue weighted by Crippen LogP contribution is -2.56. The molecule has 0 spiro atoms. The highest BCUT2D eigenvalue weighted by atomic mass is 19.4. The quantitative estimate of drug-likeness (QED) is 0.246. The van der Waals surface area contributed by atoms with Crippen molar-refractivity contribution in [1.29, 1.82) is 0 Å². The van der Waals surface area contributed by atoms with Crippen LogP contribution in [-0.4, -0.2) is 65.2 Å². The molecule has 1 heterocycles. The fraction of sp³-hybridized carbons (Fsp3) is 0.577. The van der Waals surface area contributed by atoms with Gasteiger partial charge in [-0.1, -0.05) is 50.6 Å². The third-order valence-corrected chi connectivity index (χ3v) is 6.74. The highest BCUT2D eigenvalue weighted by molar-refractivity contribution is 5.94. The number of alkyl halides is 3. The number of carboxylic acids is 1. The lowest BCUT2D eigenvalue weighted by atomic mass is 9.83. The minimum absolute atomic E-state index is 0.0348. The SMILES string of the molecule is CCC(C)C1C(=O)OC1C(=O)NC1CC1CC(NC(=O)C(C)N)C(=O)NCc1ccccc1.O=C(O)C(F)(F)F. The first-order chi connectivity index (χ1) is 18.6. The number of carboxylic acid groups (broad SMARTS) is 1. The predicted molar refractivity (Wildman–Crippen MR) is 135 cm³/mol. The molecule has 1 saturated heterocycles. The molecule has 1 aliphatic heterocycles. The lowest BCUT2D eigenvalue weighted by Gasteiger charge is -2.37. The van der Waals surface area contributed by atoms with E-state index in [1.165, 1.54) is 0 Å². The summed E-state index contributed by atoms with van der Waals surface area (Å²) < 4.78 is 36.8. The van der Waals surface area contributed by atoms with Crippen molar-refractivity contribution < 1.29 is 47.0 Å². The topological polar surface area (TPSA) is 177 Å². The van der Waals surface area contributed by atoms with E-state index < -0.39 is 42.2 Å². The number of aliphatic carboxylic acids is 1. The zero-order valence-corrected chi connectivity index (χ0v) is 22.4. The molecule has 1 aromatic carbocycles. The van der Waals surface area contributed by atoms with Gasteiger partial charge in [-0.2, -0.15) is 13.2 Å². The average Bonchev–Trinajstić information content (AvgIpc) is 3.61. The Balaban J connectivity index is 0.000000708. The van der Waals surface area contributed by atoms with Gasteiger partial charge in [-0.3, -0.25) is 19.2 Å². The maximum atomic E-state index is 12.8. The minimum atomic E-state index is -5.08. The Morgan fingerprint density at radius 2 is 1.73 bits per heavy atom. The highest BCUT2D eigenvalue weighted by Gasteiger charge is 2.51. The van der Waals surface area contributed by atoms with Gasteiger partial charge >= 0.3 is 18.1 Å². The molecule has 0 radical (unpaired) electrons. The Hall–Kier alpha value is -3.68. The summed E-state index contributed by atoms with van der Waals surface area (Å²) in [5.41, 5.74) is 6.61.